The highest BCUT2D eigenvalue weighted by Gasteiger charge is 2.03. The Morgan fingerprint density at radius 1 is 1.71 bits per heavy atom. The molecule has 0 spiro atoms. The number of hydrogen-bond donors (Lipinski definition) is 2. The van der Waals surface area contributed by atoms with Crippen molar-refractivity contribution >= 4 is 26.3 Å². The Balaban J connectivity index is 3.12. The van der Waals surface area contributed by atoms with Gasteiger partial charge in [0.1, 0.15) is 0 Å². The fourth-order valence-corrected chi connectivity index (χ4v) is 1.24. The van der Waals surface area contributed by atoms with Gasteiger partial charge >= 0.3 is 0 Å². The molecule has 74 valence electrons. The molecular weight excluding hydrogens is 200 g/mol. The highest BCUT2D eigenvalue weighted by Crippen LogP contribution is 2.10. The normalized spacial score (nSPS) is 11.2. The lowest BCUT2D eigenvalue weighted by molar-refractivity contribution is 0.593. The Bertz CT molecular complexity index is 376. The molecule has 2 N–H and O–H groups in total. The van der Waals surface area contributed by atoms with Gasteiger partial charge in [-0.15, -0.1) is 9.24 Å². The third kappa shape index (κ3) is 2.36. The summed E-state index contributed by atoms with van der Waals surface area (Å²) >= 11 is 0. The fourth-order valence-electron chi connectivity index (χ4n) is 0.987. The topological polar surface area (TPSA) is 48.8 Å². The van der Waals surface area contributed by atoms with Gasteiger partial charge in [-0.2, -0.15) is 4.39 Å². The van der Waals surface area contributed by atoms with E-state index in [1.807, 2.05) is 0 Å². The summed E-state index contributed by atoms with van der Waals surface area (Å²) in [6, 6.07) is 1.63. The van der Waals surface area contributed by atoms with Crippen molar-refractivity contribution in [2.75, 3.05) is 7.05 Å². The van der Waals surface area contributed by atoms with E-state index in [0.717, 1.165) is 0 Å². The monoisotopic (exact) mass is 211 g/mol. The zero-order valence-electron chi connectivity index (χ0n) is 7.71. The van der Waals surface area contributed by atoms with Gasteiger partial charge in [-0.1, -0.05) is 0 Å². The summed E-state index contributed by atoms with van der Waals surface area (Å²) in [7, 11) is 4.00. The Labute approximate surface area is 84.2 Å². The molecule has 0 radical (unpaired) electrons. The second-order valence-electron chi connectivity index (χ2n) is 2.64. The summed E-state index contributed by atoms with van der Waals surface area (Å²) in [5.74, 6) is -0.507. The van der Waals surface area contributed by atoms with Crippen LogP contribution in [-0.2, 0) is 0 Å². The van der Waals surface area contributed by atoms with Crippen LogP contribution in [0.4, 0.5) is 4.39 Å². The zero-order chi connectivity index (χ0) is 10.6. The number of pyridine rings is 1. The van der Waals surface area contributed by atoms with E-state index in [-0.39, 0.29) is 0 Å². The van der Waals surface area contributed by atoms with Crippen molar-refractivity contribution in [3.05, 3.63) is 30.0 Å². The predicted octanol–water partition coefficient (Wildman–Crippen LogP) is 0.931. The molecule has 1 unspecified atom stereocenters. The lowest BCUT2D eigenvalue weighted by atomic mass is 10.1. The lowest BCUT2D eigenvalue weighted by Gasteiger charge is -2.02. The van der Waals surface area contributed by atoms with Crippen molar-refractivity contribution in [2.45, 2.75) is 0 Å². The molecule has 0 aromatic carbocycles. The van der Waals surface area contributed by atoms with Gasteiger partial charge in [-0.05, 0) is 6.07 Å². The average Bonchev–Trinajstić information content (AvgIpc) is 2.19. The van der Waals surface area contributed by atoms with Gasteiger partial charge < -0.3 is 10.7 Å². The van der Waals surface area contributed by atoms with Crippen molar-refractivity contribution in [2.24, 2.45) is 0 Å². The quantitative estimate of drug-likeness (QED) is 0.444. The molecule has 14 heavy (non-hydrogen) atoms. The van der Waals surface area contributed by atoms with E-state index in [9.17, 15) is 4.39 Å². The molecule has 0 fully saturated rings. The average molecular weight is 211 g/mol. The molecule has 1 aromatic rings. The van der Waals surface area contributed by atoms with E-state index in [4.69, 9.17) is 5.41 Å². The SMILES string of the molecule is CN/C=C(\C=N)c1cnc(F)c(P)c1. The lowest BCUT2D eigenvalue weighted by Crippen LogP contribution is -2.05. The molecule has 0 saturated heterocycles. The second kappa shape index (κ2) is 4.82. The molecule has 1 rings (SSSR count). The van der Waals surface area contributed by atoms with Gasteiger partial charge in [-0.25, -0.2) is 4.98 Å². The van der Waals surface area contributed by atoms with Crippen molar-refractivity contribution in [3.8, 4) is 0 Å². The molecule has 0 saturated carbocycles. The largest absolute Gasteiger partial charge is 0.393 e. The standard InChI is InChI=1S/C9H11FN3P/c1-12-4-7(3-11)6-2-8(14)9(10)13-5-6/h2-5,11-12H,14H2,1H3/b7-4+,11-3?. The predicted molar refractivity (Wildman–Crippen MR) is 59.4 cm³/mol. The number of rotatable bonds is 3. The van der Waals surface area contributed by atoms with E-state index >= 15 is 0 Å². The van der Waals surface area contributed by atoms with Crippen molar-refractivity contribution < 1.29 is 4.39 Å². The number of nitrogens with zero attached hydrogens (tertiary/aromatic N) is 1. The Hall–Kier alpha value is -1.28. The van der Waals surface area contributed by atoms with Gasteiger partial charge in [0.25, 0.3) is 0 Å². The number of aromatic nitrogens is 1. The van der Waals surface area contributed by atoms with E-state index in [0.29, 0.717) is 16.4 Å². The first-order valence-electron chi connectivity index (χ1n) is 3.98. The van der Waals surface area contributed by atoms with Gasteiger partial charge in [0, 0.05) is 42.1 Å². The number of nitrogens with one attached hydrogen (secondary N) is 2. The van der Waals surface area contributed by atoms with E-state index in [1.54, 1.807) is 19.3 Å². The number of hydrogen-bond acceptors (Lipinski definition) is 3. The van der Waals surface area contributed by atoms with Crippen LogP contribution < -0.4 is 10.6 Å². The van der Waals surface area contributed by atoms with Crippen LogP contribution in [-0.4, -0.2) is 18.2 Å². The molecule has 1 aromatic heterocycles. The van der Waals surface area contributed by atoms with Crippen LogP contribution in [0.25, 0.3) is 5.57 Å². The molecular formula is C9H11FN3P. The van der Waals surface area contributed by atoms with Crippen LogP contribution in [0.15, 0.2) is 18.5 Å². The van der Waals surface area contributed by atoms with Crippen LogP contribution in [0.3, 0.4) is 0 Å². The van der Waals surface area contributed by atoms with Crippen molar-refractivity contribution in [1.82, 2.24) is 10.3 Å². The molecule has 0 aliphatic heterocycles. The van der Waals surface area contributed by atoms with Gasteiger partial charge in [0.2, 0.25) is 5.95 Å². The molecule has 1 atom stereocenters. The maximum atomic E-state index is 12.8. The summed E-state index contributed by atoms with van der Waals surface area (Å²) in [5, 5.41) is 10.4. The second-order valence-corrected chi connectivity index (χ2v) is 3.26. The van der Waals surface area contributed by atoms with Crippen LogP contribution in [0, 0.1) is 11.4 Å². The molecule has 0 amide bonds. The minimum Gasteiger partial charge on any atom is -0.393 e. The first kappa shape index (κ1) is 10.8. The molecule has 5 heteroatoms. The summed E-state index contributed by atoms with van der Waals surface area (Å²) in [4.78, 5) is 3.57. The Kier molecular flexibility index (Phi) is 3.72. The smallest absolute Gasteiger partial charge is 0.220 e. The minimum atomic E-state index is -0.507. The van der Waals surface area contributed by atoms with Gasteiger partial charge in [0.15, 0.2) is 0 Å². The number of halogens is 1. The summed E-state index contributed by atoms with van der Waals surface area (Å²) in [6.07, 6.45) is 4.25. The first-order valence-corrected chi connectivity index (χ1v) is 4.56. The minimum absolute atomic E-state index is 0.395. The molecule has 0 bridgehead atoms. The van der Waals surface area contributed by atoms with E-state index in [1.165, 1.54) is 12.4 Å². The molecule has 0 aliphatic carbocycles. The summed E-state index contributed by atoms with van der Waals surface area (Å²) in [6.45, 7) is 0. The fraction of sp³-hybridized carbons (Fsp3) is 0.111. The van der Waals surface area contributed by atoms with E-state index < -0.39 is 5.95 Å². The summed E-state index contributed by atoms with van der Waals surface area (Å²) in [5.41, 5.74) is 1.37. The first-order chi connectivity index (χ1) is 6.69. The van der Waals surface area contributed by atoms with Gasteiger partial charge in [0.05, 0.1) is 0 Å². The third-order valence-electron chi connectivity index (χ3n) is 1.65. The zero-order valence-corrected chi connectivity index (χ0v) is 8.87. The van der Waals surface area contributed by atoms with Crippen LogP contribution in [0.2, 0.25) is 0 Å². The van der Waals surface area contributed by atoms with Crippen molar-refractivity contribution in [1.29, 1.82) is 5.41 Å². The highest BCUT2D eigenvalue weighted by molar-refractivity contribution is 7.27. The van der Waals surface area contributed by atoms with Crippen LogP contribution in [0.1, 0.15) is 5.56 Å². The third-order valence-corrected chi connectivity index (χ3v) is 2.06. The summed E-state index contributed by atoms with van der Waals surface area (Å²) < 4.78 is 12.8. The number of allylic oxidation sites excluding steroid dienone is 1. The molecule has 3 nitrogen and oxygen atoms in total. The Morgan fingerprint density at radius 2 is 2.43 bits per heavy atom. The van der Waals surface area contributed by atoms with Gasteiger partial charge in [-0.3, -0.25) is 0 Å². The molecule has 1 heterocycles. The Morgan fingerprint density at radius 3 is 2.93 bits per heavy atom. The van der Waals surface area contributed by atoms with Crippen LogP contribution >= 0.6 is 9.24 Å². The maximum absolute atomic E-state index is 12.8. The highest BCUT2D eigenvalue weighted by atomic mass is 31.0. The molecule has 0 aliphatic rings. The van der Waals surface area contributed by atoms with Crippen LogP contribution in [0.5, 0.6) is 0 Å². The maximum Gasteiger partial charge on any atom is 0.220 e. The van der Waals surface area contributed by atoms with E-state index in [2.05, 4.69) is 19.5 Å². The van der Waals surface area contributed by atoms with Crippen molar-refractivity contribution in [3.63, 3.8) is 0 Å².